The zero-order valence-electron chi connectivity index (χ0n) is 11.2. The molecule has 0 fully saturated rings. The van der Waals surface area contributed by atoms with Gasteiger partial charge in [0.25, 0.3) is 0 Å². The molecular weight excluding hydrogens is 214 g/mol. The van der Waals surface area contributed by atoms with Crippen LogP contribution in [0.1, 0.15) is 33.3 Å². The van der Waals surface area contributed by atoms with Crippen LogP contribution in [0.15, 0.2) is 24.3 Å². The fourth-order valence-electron chi connectivity index (χ4n) is 1.51. The van der Waals surface area contributed by atoms with Crippen LogP contribution < -0.4 is 10.1 Å². The summed E-state index contributed by atoms with van der Waals surface area (Å²) in [7, 11) is 0. The fourth-order valence-corrected chi connectivity index (χ4v) is 1.51. The van der Waals surface area contributed by atoms with Gasteiger partial charge < -0.3 is 15.2 Å². The maximum Gasteiger partial charge on any atom is 0.120 e. The minimum absolute atomic E-state index is 0.189. The van der Waals surface area contributed by atoms with Crippen molar-refractivity contribution in [2.45, 2.75) is 45.9 Å². The first kappa shape index (κ1) is 14.0. The molecule has 0 heterocycles. The second kappa shape index (κ2) is 6.03. The number of benzene rings is 1. The first-order valence-electron chi connectivity index (χ1n) is 6.05. The largest absolute Gasteiger partial charge is 0.491 e. The summed E-state index contributed by atoms with van der Waals surface area (Å²) in [6, 6.07) is 8.01. The third kappa shape index (κ3) is 6.29. The average Bonchev–Trinajstić information content (AvgIpc) is 2.15. The van der Waals surface area contributed by atoms with E-state index in [1.165, 1.54) is 0 Å². The van der Waals surface area contributed by atoms with Gasteiger partial charge in [0, 0.05) is 13.1 Å². The zero-order chi connectivity index (χ0) is 12.9. The lowest BCUT2D eigenvalue weighted by atomic mass is 10.1. The minimum atomic E-state index is -0.675. The molecule has 0 atom stereocenters. The Kier molecular flexibility index (Phi) is 4.97. The highest BCUT2D eigenvalue weighted by molar-refractivity contribution is 5.28. The van der Waals surface area contributed by atoms with Crippen LogP contribution in [0.5, 0.6) is 5.75 Å². The Bertz CT molecular complexity index is 342. The van der Waals surface area contributed by atoms with Crippen LogP contribution in [0.4, 0.5) is 0 Å². The molecule has 3 nitrogen and oxygen atoms in total. The van der Waals surface area contributed by atoms with Crippen LogP contribution in [-0.4, -0.2) is 23.4 Å². The van der Waals surface area contributed by atoms with E-state index in [0.717, 1.165) is 17.9 Å². The van der Waals surface area contributed by atoms with Gasteiger partial charge in [-0.25, -0.2) is 0 Å². The first-order valence-corrected chi connectivity index (χ1v) is 6.05. The van der Waals surface area contributed by atoms with Crippen molar-refractivity contribution in [2.75, 3.05) is 6.54 Å². The number of hydrogen-bond acceptors (Lipinski definition) is 3. The fraction of sp³-hybridized carbons (Fsp3) is 0.571. The average molecular weight is 237 g/mol. The normalized spacial score (nSPS) is 11.9. The zero-order valence-corrected chi connectivity index (χ0v) is 11.2. The van der Waals surface area contributed by atoms with Crippen molar-refractivity contribution < 1.29 is 9.84 Å². The number of aliphatic hydroxyl groups is 1. The summed E-state index contributed by atoms with van der Waals surface area (Å²) in [5.41, 5.74) is 0.485. The van der Waals surface area contributed by atoms with Gasteiger partial charge in [-0.1, -0.05) is 12.1 Å². The molecule has 1 aromatic rings. The van der Waals surface area contributed by atoms with E-state index in [2.05, 4.69) is 5.32 Å². The van der Waals surface area contributed by atoms with E-state index in [1.807, 2.05) is 38.1 Å². The topological polar surface area (TPSA) is 41.5 Å². The smallest absolute Gasteiger partial charge is 0.120 e. The van der Waals surface area contributed by atoms with Crippen LogP contribution in [0, 0.1) is 0 Å². The lowest BCUT2D eigenvalue weighted by Crippen LogP contribution is -2.34. The van der Waals surface area contributed by atoms with Gasteiger partial charge in [-0.05, 0) is 45.4 Å². The highest BCUT2D eigenvalue weighted by Gasteiger charge is 2.10. The van der Waals surface area contributed by atoms with E-state index < -0.39 is 5.60 Å². The minimum Gasteiger partial charge on any atom is -0.491 e. The van der Waals surface area contributed by atoms with Crippen LogP contribution >= 0.6 is 0 Å². The van der Waals surface area contributed by atoms with Crippen LogP contribution in [0.25, 0.3) is 0 Å². The third-order valence-corrected chi connectivity index (χ3v) is 2.16. The summed E-state index contributed by atoms with van der Waals surface area (Å²) in [6.45, 7) is 8.91. The van der Waals surface area contributed by atoms with Crippen molar-refractivity contribution in [2.24, 2.45) is 0 Å². The Morgan fingerprint density at radius 1 is 1.35 bits per heavy atom. The van der Waals surface area contributed by atoms with E-state index in [-0.39, 0.29) is 6.10 Å². The molecule has 0 saturated heterocycles. The molecule has 0 spiro atoms. The molecule has 0 aliphatic heterocycles. The number of rotatable bonds is 6. The molecule has 0 aromatic heterocycles. The Morgan fingerprint density at radius 3 is 2.65 bits per heavy atom. The predicted molar refractivity (Wildman–Crippen MR) is 70.2 cm³/mol. The molecule has 0 unspecified atom stereocenters. The van der Waals surface area contributed by atoms with Crippen LogP contribution in [-0.2, 0) is 6.54 Å². The van der Waals surface area contributed by atoms with E-state index >= 15 is 0 Å². The molecule has 0 aliphatic carbocycles. The summed E-state index contributed by atoms with van der Waals surface area (Å²) in [4.78, 5) is 0. The highest BCUT2D eigenvalue weighted by atomic mass is 16.5. The summed E-state index contributed by atoms with van der Waals surface area (Å²) in [5, 5.41) is 12.8. The first-order chi connectivity index (χ1) is 7.87. The molecule has 3 heteroatoms. The molecule has 0 saturated carbocycles. The van der Waals surface area contributed by atoms with Gasteiger partial charge >= 0.3 is 0 Å². The third-order valence-electron chi connectivity index (χ3n) is 2.16. The molecule has 96 valence electrons. The predicted octanol–water partition coefficient (Wildman–Crippen LogP) is 2.33. The summed E-state index contributed by atoms with van der Waals surface area (Å²) >= 11 is 0. The SMILES string of the molecule is CC(C)Oc1cccc(CNCC(C)(C)O)c1. The van der Waals surface area contributed by atoms with Crippen molar-refractivity contribution in [1.29, 1.82) is 0 Å². The van der Waals surface area contributed by atoms with Crippen LogP contribution in [0.3, 0.4) is 0 Å². The summed E-state index contributed by atoms with van der Waals surface area (Å²) in [5.74, 6) is 0.891. The standard InChI is InChI=1S/C14H23NO2/c1-11(2)17-13-7-5-6-12(8-13)9-15-10-14(3,4)16/h5-8,11,15-16H,9-10H2,1-4H3. The molecule has 2 N–H and O–H groups in total. The lowest BCUT2D eigenvalue weighted by molar-refractivity contribution is 0.0795. The van der Waals surface area contributed by atoms with E-state index in [9.17, 15) is 5.11 Å². The quantitative estimate of drug-likeness (QED) is 0.798. The van der Waals surface area contributed by atoms with Gasteiger partial charge in [-0.15, -0.1) is 0 Å². The molecular formula is C14H23NO2. The molecule has 1 rings (SSSR count). The van der Waals surface area contributed by atoms with E-state index in [1.54, 1.807) is 13.8 Å². The van der Waals surface area contributed by atoms with Crippen molar-refractivity contribution >= 4 is 0 Å². The molecule has 0 radical (unpaired) electrons. The lowest BCUT2D eigenvalue weighted by Gasteiger charge is -2.18. The molecule has 0 bridgehead atoms. The maximum absolute atomic E-state index is 9.58. The number of hydrogen-bond donors (Lipinski definition) is 2. The Labute approximate surface area is 104 Å². The van der Waals surface area contributed by atoms with Gasteiger partial charge in [0.1, 0.15) is 5.75 Å². The molecule has 0 amide bonds. The monoisotopic (exact) mass is 237 g/mol. The second-order valence-electron chi connectivity index (χ2n) is 5.23. The molecule has 1 aromatic carbocycles. The van der Waals surface area contributed by atoms with Crippen LogP contribution in [0.2, 0.25) is 0 Å². The Balaban J connectivity index is 2.48. The number of ether oxygens (including phenoxy) is 1. The Hall–Kier alpha value is -1.06. The second-order valence-corrected chi connectivity index (χ2v) is 5.23. The summed E-state index contributed by atoms with van der Waals surface area (Å²) < 4.78 is 5.62. The van der Waals surface area contributed by atoms with Crippen molar-refractivity contribution in [1.82, 2.24) is 5.32 Å². The Morgan fingerprint density at radius 2 is 2.06 bits per heavy atom. The van der Waals surface area contributed by atoms with Crippen molar-refractivity contribution in [3.63, 3.8) is 0 Å². The molecule has 0 aliphatic rings. The summed E-state index contributed by atoms with van der Waals surface area (Å²) in [6.07, 6.45) is 0.189. The van der Waals surface area contributed by atoms with Gasteiger partial charge in [0.2, 0.25) is 0 Å². The van der Waals surface area contributed by atoms with Gasteiger partial charge in [0.15, 0.2) is 0 Å². The van der Waals surface area contributed by atoms with Gasteiger partial charge in [0.05, 0.1) is 11.7 Å². The molecule has 17 heavy (non-hydrogen) atoms. The number of nitrogens with one attached hydrogen (secondary N) is 1. The van der Waals surface area contributed by atoms with Crippen molar-refractivity contribution in [3.8, 4) is 5.75 Å². The van der Waals surface area contributed by atoms with E-state index in [0.29, 0.717) is 6.54 Å². The maximum atomic E-state index is 9.58. The van der Waals surface area contributed by atoms with Gasteiger partial charge in [-0.2, -0.15) is 0 Å². The van der Waals surface area contributed by atoms with Gasteiger partial charge in [-0.3, -0.25) is 0 Å². The van der Waals surface area contributed by atoms with E-state index in [4.69, 9.17) is 4.74 Å². The highest BCUT2D eigenvalue weighted by Crippen LogP contribution is 2.14. The van der Waals surface area contributed by atoms with Crippen molar-refractivity contribution in [3.05, 3.63) is 29.8 Å².